The van der Waals surface area contributed by atoms with Gasteiger partial charge in [-0.25, -0.2) is 4.39 Å². The van der Waals surface area contributed by atoms with Gasteiger partial charge in [0.25, 0.3) is 5.19 Å². The zero-order valence-corrected chi connectivity index (χ0v) is 11.6. The Labute approximate surface area is 119 Å². The van der Waals surface area contributed by atoms with Crippen molar-refractivity contribution in [2.24, 2.45) is 0 Å². The molecule has 0 aliphatic rings. The van der Waals surface area contributed by atoms with Crippen LogP contribution >= 0.6 is 11.3 Å². The van der Waals surface area contributed by atoms with Crippen LogP contribution in [0.25, 0.3) is 5.76 Å². The maximum absolute atomic E-state index is 13.9. The average Bonchev–Trinajstić information content (AvgIpc) is 2.83. The molecule has 0 radical (unpaired) electrons. The Hall–Kier alpha value is -2.22. The molecule has 0 unspecified atom stereocenters. The van der Waals surface area contributed by atoms with Gasteiger partial charge in [0.1, 0.15) is 23.9 Å². The van der Waals surface area contributed by atoms with Crippen LogP contribution < -0.4 is 10.5 Å². The van der Waals surface area contributed by atoms with Crippen molar-refractivity contribution in [3.05, 3.63) is 35.9 Å². The molecule has 2 N–H and O–H groups in total. The van der Waals surface area contributed by atoms with Crippen molar-refractivity contribution >= 4 is 22.2 Å². The summed E-state index contributed by atoms with van der Waals surface area (Å²) in [4.78, 5) is 3.99. The summed E-state index contributed by atoms with van der Waals surface area (Å²) < 4.78 is 24.3. The van der Waals surface area contributed by atoms with Crippen LogP contribution in [0, 0.1) is 5.82 Å². The van der Waals surface area contributed by atoms with Gasteiger partial charge in [-0.05, 0) is 24.3 Å². The Kier molecular flexibility index (Phi) is 4.46. The van der Waals surface area contributed by atoms with E-state index in [1.165, 1.54) is 12.3 Å². The molecule has 6 nitrogen and oxygen atoms in total. The van der Waals surface area contributed by atoms with Crippen LogP contribution in [0.3, 0.4) is 0 Å². The first-order valence-corrected chi connectivity index (χ1v) is 6.60. The predicted octanol–water partition coefficient (Wildman–Crippen LogP) is 2.24. The Morgan fingerprint density at radius 3 is 2.90 bits per heavy atom. The molecule has 2 heterocycles. The van der Waals surface area contributed by atoms with Gasteiger partial charge in [-0.3, -0.25) is 4.98 Å². The fourth-order valence-electron chi connectivity index (χ4n) is 1.39. The van der Waals surface area contributed by atoms with Gasteiger partial charge in [0.05, 0.1) is 6.61 Å². The topological polar surface area (TPSA) is 83.2 Å². The highest BCUT2D eigenvalue weighted by atomic mass is 32.1. The number of rotatable bonds is 6. The molecular formula is C12H13FN4O2S. The van der Waals surface area contributed by atoms with E-state index in [2.05, 4.69) is 21.8 Å². The van der Waals surface area contributed by atoms with Crippen molar-refractivity contribution < 1.29 is 13.9 Å². The van der Waals surface area contributed by atoms with Crippen molar-refractivity contribution in [3.8, 4) is 5.19 Å². The van der Waals surface area contributed by atoms with Gasteiger partial charge in [-0.15, -0.1) is 5.10 Å². The molecule has 0 fully saturated rings. The summed E-state index contributed by atoms with van der Waals surface area (Å²) in [5.41, 5.74) is 6.06. The minimum Gasteiger partial charge on any atom is -0.494 e. The minimum absolute atomic E-state index is 0.0537. The first-order chi connectivity index (χ1) is 9.60. The highest BCUT2D eigenvalue weighted by Crippen LogP contribution is 2.21. The molecule has 2 aromatic rings. The zero-order valence-electron chi connectivity index (χ0n) is 10.8. The number of halogens is 1. The number of nitrogens with two attached hydrogens (primary N) is 1. The standard InChI is InChI=1S/C12H13FN4O2S/c1-3-18-7(2)8-4-9(13)10(15-5-8)6-19-12-17-16-11(14)20-12/h4-5H,2-3,6H2,1H3,(H2,14,16). The number of ether oxygens (including phenoxy) is 2. The van der Waals surface area contributed by atoms with Crippen LogP contribution in [0.5, 0.6) is 5.19 Å². The first-order valence-electron chi connectivity index (χ1n) is 5.78. The number of hydrogen-bond acceptors (Lipinski definition) is 7. The van der Waals surface area contributed by atoms with E-state index >= 15 is 0 Å². The van der Waals surface area contributed by atoms with Crippen LogP contribution in [0.15, 0.2) is 18.8 Å². The zero-order chi connectivity index (χ0) is 14.5. The van der Waals surface area contributed by atoms with Crippen LogP contribution in [-0.4, -0.2) is 21.8 Å². The van der Waals surface area contributed by atoms with Gasteiger partial charge in [0.2, 0.25) is 5.13 Å². The van der Waals surface area contributed by atoms with E-state index in [1.807, 2.05) is 6.92 Å². The van der Waals surface area contributed by atoms with Gasteiger partial charge in [0.15, 0.2) is 0 Å². The molecule has 0 amide bonds. The second-order valence-corrected chi connectivity index (χ2v) is 4.68. The number of nitrogen functional groups attached to an aromatic ring is 1. The van der Waals surface area contributed by atoms with Crippen molar-refractivity contribution in [1.82, 2.24) is 15.2 Å². The maximum Gasteiger partial charge on any atom is 0.296 e. The number of anilines is 1. The highest BCUT2D eigenvalue weighted by Gasteiger charge is 2.10. The largest absolute Gasteiger partial charge is 0.494 e. The Balaban J connectivity index is 2.04. The molecule has 0 aliphatic carbocycles. The van der Waals surface area contributed by atoms with Crippen LogP contribution in [0.1, 0.15) is 18.2 Å². The second kappa shape index (κ2) is 6.29. The van der Waals surface area contributed by atoms with E-state index < -0.39 is 5.82 Å². The number of hydrogen-bond donors (Lipinski definition) is 1. The first kappa shape index (κ1) is 14.2. The van der Waals surface area contributed by atoms with Crippen LogP contribution in [0.4, 0.5) is 9.52 Å². The van der Waals surface area contributed by atoms with E-state index in [0.717, 1.165) is 11.3 Å². The van der Waals surface area contributed by atoms with Gasteiger partial charge in [-0.2, -0.15) is 0 Å². The predicted molar refractivity (Wildman–Crippen MR) is 73.5 cm³/mol. The summed E-state index contributed by atoms with van der Waals surface area (Å²) in [6.07, 6.45) is 1.48. The Morgan fingerprint density at radius 2 is 2.30 bits per heavy atom. The highest BCUT2D eigenvalue weighted by molar-refractivity contribution is 7.16. The molecular weight excluding hydrogens is 283 g/mol. The molecule has 2 aromatic heterocycles. The molecule has 2 rings (SSSR count). The smallest absolute Gasteiger partial charge is 0.296 e. The third-order valence-corrected chi connectivity index (χ3v) is 2.98. The van der Waals surface area contributed by atoms with Gasteiger partial charge < -0.3 is 15.2 Å². The minimum atomic E-state index is -0.499. The summed E-state index contributed by atoms with van der Waals surface area (Å²) in [7, 11) is 0. The summed E-state index contributed by atoms with van der Waals surface area (Å²) in [6.45, 7) is 5.92. The summed E-state index contributed by atoms with van der Waals surface area (Å²) in [5.74, 6) is -0.121. The molecule has 0 atom stereocenters. The van der Waals surface area contributed by atoms with Crippen LogP contribution in [-0.2, 0) is 11.3 Å². The van der Waals surface area contributed by atoms with Crippen molar-refractivity contribution in [2.75, 3.05) is 12.3 Å². The third-order valence-electron chi connectivity index (χ3n) is 2.31. The number of aromatic nitrogens is 3. The lowest BCUT2D eigenvalue weighted by molar-refractivity contribution is 0.288. The van der Waals surface area contributed by atoms with Gasteiger partial charge in [-0.1, -0.05) is 11.7 Å². The van der Waals surface area contributed by atoms with E-state index in [-0.39, 0.29) is 22.6 Å². The second-order valence-electron chi connectivity index (χ2n) is 3.70. The molecule has 0 saturated heterocycles. The van der Waals surface area contributed by atoms with Crippen LogP contribution in [0.2, 0.25) is 0 Å². The normalized spacial score (nSPS) is 10.3. The molecule has 0 bridgehead atoms. The van der Waals surface area contributed by atoms with E-state index in [1.54, 1.807) is 0 Å². The summed E-state index contributed by atoms with van der Waals surface area (Å²) in [6, 6.07) is 1.30. The lowest BCUT2D eigenvalue weighted by Crippen LogP contribution is -2.03. The third kappa shape index (κ3) is 3.41. The molecule has 0 aliphatic heterocycles. The van der Waals surface area contributed by atoms with Crippen molar-refractivity contribution in [2.45, 2.75) is 13.5 Å². The van der Waals surface area contributed by atoms with E-state index in [0.29, 0.717) is 17.9 Å². The number of nitrogens with zero attached hydrogens (tertiary/aromatic N) is 3. The fourth-order valence-corrected chi connectivity index (χ4v) is 1.85. The SMILES string of the molecule is C=C(OCC)c1cnc(COc2nnc(N)s2)c(F)c1. The molecule has 20 heavy (non-hydrogen) atoms. The summed E-state index contributed by atoms with van der Waals surface area (Å²) >= 11 is 1.08. The maximum atomic E-state index is 13.9. The molecule has 0 aromatic carbocycles. The average molecular weight is 296 g/mol. The lowest BCUT2D eigenvalue weighted by Gasteiger charge is -2.08. The monoisotopic (exact) mass is 296 g/mol. The molecule has 0 spiro atoms. The summed E-state index contributed by atoms with van der Waals surface area (Å²) in [5, 5.41) is 7.81. The molecule has 106 valence electrons. The fraction of sp³-hybridized carbons (Fsp3) is 0.250. The molecule has 8 heteroatoms. The Bertz CT molecular complexity index is 617. The lowest BCUT2D eigenvalue weighted by atomic mass is 10.2. The van der Waals surface area contributed by atoms with Crippen molar-refractivity contribution in [3.63, 3.8) is 0 Å². The number of pyridine rings is 1. The Morgan fingerprint density at radius 1 is 1.50 bits per heavy atom. The van der Waals surface area contributed by atoms with E-state index in [4.69, 9.17) is 15.2 Å². The molecule has 0 saturated carbocycles. The quantitative estimate of drug-likeness (QED) is 0.823. The van der Waals surface area contributed by atoms with Gasteiger partial charge >= 0.3 is 0 Å². The van der Waals surface area contributed by atoms with Gasteiger partial charge in [0, 0.05) is 11.8 Å². The van der Waals surface area contributed by atoms with Crippen molar-refractivity contribution in [1.29, 1.82) is 0 Å². The van der Waals surface area contributed by atoms with E-state index in [9.17, 15) is 4.39 Å².